The average Bonchev–Trinajstić information content (AvgIpc) is 3.06. The number of halogens is 2. The van der Waals surface area contributed by atoms with E-state index < -0.39 is 0 Å². The van der Waals surface area contributed by atoms with Crippen LogP contribution in [0.3, 0.4) is 0 Å². The van der Waals surface area contributed by atoms with Gasteiger partial charge in [0, 0.05) is 3.57 Å². The average molecular weight is 348 g/mol. The number of rotatable bonds is 5. The van der Waals surface area contributed by atoms with E-state index in [-0.39, 0.29) is 11.7 Å². The molecule has 0 unspecified atom stereocenters. The molecule has 0 aromatic heterocycles. The third-order valence-electron chi connectivity index (χ3n) is 2.62. The van der Waals surface area contributed by atoms with E-state index in [0.29, 0.717) is 15.8 Å². The van der Waals surface area contributed by atoms with Crippen molar-refractivity contribution in [2.45, 2.75) is 12.8 Å². The van der Waals surface area contributed by atoms with E-state index >= 15 is 0 Å². The summed E-state index contributed by atoms with van der Waals surface area (Å²) in [6, 6.07) is 4.32. The van der Waals surface area contributed by atoms with Crippen molar-refractivity contribution in [2.75, 3.05) is 18.4 Å². The number of hydrogen-bond acceptors (Lipinski definition) is 2. The first-order chi connectivity index (χ1) is 8.15. The molecule has 1 fully saturated rings. The first-order valence-corrected chi connectivity index (χ1v) is 6.68. The van der Waals surface area contributed by atoms with Gasteiger partial charge < -0.3 is 10.6 Å². The van der Waals surface area contributed by atoms with Crippen LogP contribution in [-0.2, 0) is 4.79 Å². The van der Waals surface area contributed by atoms with Crippen LogP contribution in [0.25, 0.3) is 0 Å². The fourth-order valence-corrected chi connectivity index (χ4v) is 2.11. The lowest BCUT2D eigenvalue weighted by atomic mass is 10.3. The molecule has 0 heterocycles. The lowest BCUT2D eigenvalue weighted by Crippen LogP contribution is -2.29. The number of carbonyl (C=O) groups is 1. The number of hydrogen-bond donors (Lipinski definition) is 2. The molecule has 1 amide bonds. The summed E-state index contributed by atoms with van der Waals surface area (Å²) in [4.78, 5) is 11.6. The number of carbonyl (C=O) groups excluding carboxylic acids is 1. The highest BCUT2D eigenvalue weighted by molar-refractivity contribution is 14.1. The molecular weight excluding hydrogens is 334 g/mol. The summed E-state index contributed by atoms with van der Waals surface area (Å²) in [7, 11) is 0. The van der Waals surface area contributed by atoms with Gasteiger partial charge in [-0.2, -0.15) is 0 Å². The maximum atomic E-state index is 12.9. The van der Waals surface area contributed by atoms with Crippen LogP contribution in [0.2, 0.25) is 0 Å². The van der Waals surface area contributed by atoms with Crippen LogP contribution >= 0.6 is 22.6 Å². The molecule has 0 aliphatic heterocycles. The summed E-state index contributed by atoms with van der Waals surface area (Å²) in [6.07, 6.45) is 2.54. The quantitative estimate of drug-likeness (QED) is 0.803. The van der Waals surface area contributed by atoms with Gasteiger partial charge in [0.15, 0.2) is 0 Å². The number of nitrogens with one attached hydrogen (secondary N) is 2. The van der Waals surface area contributed by atoms with Crippen molar-refractivity contribution in [2.24, 2.45) is 5.92 Å². The Morgan fingerprint density at radius 1 is 1.47 bits per heavy atom. The molecule has 0 radical (unpaired) electrons. The third-order valence-corrected chi connectivity index (χ3v) is 3.51. The highest BCUT2D eigenvalue weighted by atomic mass is 127. The van der Waals surface area contributed by atoms with Gasteiger partial charge in [-0.1, -0.05) is 0 Å². The van der Waals surface area contributed by atoms with Gasteiger partial charge in [0.1, 0.15) is 5.82 Å². The monoisotopic (exact) mass is 348 g/mol. The Hall–Kier alpha value is -0.690. The molecule has 1 aliphatic rings. The topological polar surface area (TPSA) is 41.1 Å². The Bertz CT molecular complexity index is 421. The predicted octanol–water partition coefficient (Wildman–Crippen LogP) is 2.37. The second-order valence-electron chi connectivity index (χ2n) is 4.25. The number of benzene rings is 1. The molecule has 1 aromatic carbocycles. The van der Waals surface area contributed by atoms with Crippen LogP contribution in [0.1, 0.15) is 12.8 Å². The van der Waals surface area contributed by atoms with Gasteiger partial charge in [0.05, 0.1) is 12.2 Å². The van der Waals surface area contributed by atoms with Crippen molar-refractivity contribution in [3.05, 3.63) is 27.6 Å². The normalized spacial score (nSPS) is 14.7. The standard InChI is InChI=1S/C12H14FIN2O/c13-9-3-4-11(10(14)5-9)16-12(17)7-15-6-8-1-2-8/h3-5,8,15H,1-2,6-7H2,(H,16,17). The van der Waals surface area contributed by atoms with Crippen LogP contribution in [0.4, 0.5) is 10.1 Å². The van der Waals surface area contributed by atoms with Crippen molar-refractivity contribution >= 4 is 34.2 Å². The van der Waals surface area contributed by atoms with Crippen LogP contribution < -0.4 is 10.6 Å². The van der Waals surface area contributed by atoms with Crippen molar-refractivity contribution in [1.29, 1.82) is 0 Å². The highest BCUT2D eigenvalue weighted by Gasteiger charge is 2.20. The van der Waals surface area contributed by atoms with E-state index in [0.717, 1.165) is 12.5 Å². The Balaban J connectivity index is 1.79. The minimum Gasteiger partial charge on any atom is -0.324 e. The van der Waals surface area contributed by atoms with Gasteiger partial charge >= 0.3 is 0 Å². The molecule has 0 saturated heterocycles. The Morgan fingerprint density at radius 2 is 2.24 bits per heavy atom. The minimum atomic E-state index is -0.292. The molecular formula is C12H14FIN2O. The highest BCUT2D eigenvalue weighted by Crippen LogP contribution is 2.27. The predicted molar refractivity (Wildman–Crippen MR) is 73.3 cm³/mol. The summed E-state index contributed by atoms with van der Waals surface area (Å²) < 4.78 is 13.6. The van der Waals surface area contributed by atoms with Gasteiger partial charge in [-0.3, -0.25) is 4.79 Å². The number of anilines is 1. The number of amides is 1. The molecule has 1 saturated carbocycles. The van der Waals surface area contributed by atoms with Gasteiger partial charge in [-0.25, -0.2) is 4.39 Å². The smallest absolute Gasteiger partial charge is 0.238 e. The summed E-state index contributed by atoms with van der Waals surface area (Å²) in [5, 5.41) is 5.87. The molecule has 1 aliphatic carbocycles. The lowest BCUT2D eigenvalue weighted by Gasteiger charge is -2.08. The van der Waals surface area contributed by atoms with E-state index in [1.807, 2.05) is 22.6 Å². The zero-order valence-corrected chi connectivity index (χ0v) is 11.5. The lowest BCUT2D eigenvalue weighted by molar-refractivity contribution is -0.115. The Labute approximate surface area is 113 Å². The molecule has 2 rings (SSSR count). The first-order valence-electron chi connectivity index (χ1n) is 5.61. The molecule has 17 heavy (non-hydrogen) atoms. The Kier molecular flexibility index (Phi) is 4.33. The van der Waals surface area contributed by atoms with E-state index in [1.165, 1.54) is 25.0 Å². The summed E-state index contributed by atoms with van der Waals surface area (Å²) in [5.41, 5.74) is 0.658. The Morgan fingerprint density at radius 3 is 2.88 bits per heavy atom. The van der Waals surface area contributed by atoms with Crippen molar-refractivity contribution in [3.63, 3.8) is 0 Å². The summed E-state index contributed by atoms with van der Waals surface area (Å²) in [6.45, 7) is 1.22. The largest absolute Gasteiger partial charge is 0.324 e. The van der Waals surface area contributed by atoms with E-state index in [9.17, 15) is 9.18 Å². The van der Waals surface area contributed by atoms with Gasteiger partial charge in [0.2, 0.25) is 5.91 Å². The molecule has 1 aromatic rings. The molecule has 0 atom stereocenters. The van der Waals surface area contributed by atoms with E-state index in [2.05, 4.69) is 10.6 Å². The van der Waals surface area contributed by atoms with E-state index in [4.69, 9.17) is 0 Å². The molecule has 5 heteroatoms. The molecule has 0 bridgehead atoms. The fraction of sp³-hybridized carbons (Fsp3) is 0.417. The molecule has 3 nitrogen and oxygen atoms in total. The van der Waals surface area contributed by atoms with Gasteiger partial charge in [-0.05, 0) is 66.1 Å². The zero-order chi connectivity index (χ0) is 12.3. The first kappa shape index (κ1) is 12.8. The van der Waals surface area contributed by atoms with Crippen molar-refractivity contribution < 1.29 is 9.18 Å². The molecule has 2 N–H and O–H groups in total. The SMILES string of the molecule is O=C(CNCC1CC1)Nc1ccc(F)cc1I. The van der Waals surface area contributed by atoms with Crippen LogP contribution in [-0.4, -0.2) is 19.0 Å². The van der Waals surface area contributed by atoms with Crippen molar-refractivity contribution in [1.82, 2.24) is 5.32 Å². The minimum absolute atomic E-state index is 0.0878. The second kappa shape index (κ2) is 5.77. The van der Waals surface area contributed by atoms with Crippen LogP contribution in [0.15, 0.2) is 18.2 Å². The maximum Gasteiger partial charge on any atom is 0.238 e. The van der Waals surface area contributed by atoms with Gasteiger partial charge in [0.25, 0.3) is 0 Å². The van der Waals surface area contributed by atoms with Crippen molar-refractivity contribution in [3.8, 4) is 0 Å². The fourth-order valence-electron chi connectivity index (χ4n) is 1.50. The summed E-state index contributed by atoms with van der Waals surface area (Å²) in [5.74, 6) is 0.378. The molecule has 92 valence electrons. The molecule has 0 spiro atoms. The second-order valence-corrected chi connectivity index (χ2v) is 5.41. The summed E-state index contributed by atoms with van der Waals surface area (Å²) >= 11 is 2.00. The van der Waals surface area contributed by atoms with E-state index in [1.54, 1.807) is 6.07 Å². The third kappa shape index (κ3) is 4.23. The van der Waals surface area contributed by atoms with Crippen LogP contribution in [0.5, 0.6) is 0 Å². The zero-order valence-electron chi connectivity index (χ0n) is 9.30. The maximum absolute atomic E-state index is 12.9. The van der Waals surface area contributed by atoms with Crippen LogP contribution in [0, 0.1) is 15.3 Å². The van der Waals surface area contributed by atoms with Gasteiger partial charge in [-0.15, -0.1) is 0 Å².